The number of amides is 1. The van der Waals surface area contributed by atoms with Gasteiger partial charge in [0, 0.05) is 28.9 Å². The second-order valence-electron chi connectivity index (χ2n) is 8.45. The number of hydrazone groups is 1. The Morgan fingerprint density at radius 2 is 1.76 bits per heavy atom. The second-order valence-corrected chi connectivity index (χ2v) is 8.86. The van der Waals surface area contributed by atoms with Crippen molar-refractivity contribution in [3.05, 3.63) is 82.8 Å². The third kappa shape index (κ3) is 5.72. The van der Waals surface area contributed by atoms with Crippen LogP contribution in [0.25, 0.3) is 0 Å². The highest BCUT2D eigenvalue weighted by molar-refractivity contribution is 7.80. The number of fused-ring (bicyclic) bond motifs is 1. The van der Waals surface area contributed by atoms with Gasteiger partial charge in [0.25, 0.3) is 5.91 Å². The SMILES string of the molecule is CCCCc1ccc(NC(=O)c2oc3c(c2C)/C(=N/NC(=S)Nc2ccccc2)CCC3)cc1. The van der Waals surface area contributed by atoms with E-state index in [0.29, 0.717) is 10.9 Å². The lowest BCUT2D eigenvalue weighted by atomic mass is 9.93. The Hall–Kier alpha value is -3.45. The number of benzene rings is 2. The Labute approximate surface area is 205 Å². The molecule has 1 heterocycles. The second kappa shape index (κ2) is 11.1. The molecular formula is C27H30N4O2S. The zero-order chi connectivity index (χ0) is 23.9. The molecule has 6 nitrogen and oxygen atoms in total. The summed E-state index contributed by atoms with van der Waals surface area (Å²) in [5, 5.41) is 11.0. The maximum Gasteiger partial charge on any atom is 0.291 e. The number of hydrogen-bond acceptors (Lipinski definition) is 4. The summed E-state index contributed by atoms with van der Waals surface area (Å²) in [5.74, 6) is 0.882. The van der Waals surface area contributed by atoms with Gasteiger partial charge in [-0.25, -0.2) is 0 Å². The van der Waals surface area contributed by atoms with Gasteiger partial charge in [0.1, 0.15) is 5.76 Å². The predicted octanol–water partition coefficient (Wildman–Crippen LogP) is 6.21. The summed E-state index contributed by atoms with van der Waals surface area (Å²) in [6, 6.07) is 17.7. The Kier molecular flexibility index (Phi) is 7.75. The van der Waals surface area contributed by atoms with Crippen LogP contribution in [-0.2, 0) is 12.8 Å². The normalized spacial score (nSPS) is 13.9. The van der Waals surface area contributed by atoms with E-state index in [2.05, 4.69) is 40.2 Å². The topological polar surface area (TPSA) is 78.7 Å². The molecule has 0 saturated carbocycles. The molecule has 1 aromatic heterocycles. The number of thiocarbonyl (C=S) groups is 1. The van der Waals surface area contributed by atoms with Crippen molar-refractivity contribution in [3.63, 3.8) is 0 Å². The summed E-state index contributed by atoms with van der Waals surface area (Å²) in [4.78, 5) is 13.0. The summed E-state index contributed by atoms with van der Waals surface area (Å²) in [7, 11) is 0. The summed E-state index contributed by atoms with van der Waals surface area (Å²) in [6.07, 6.45) is 5.84. The number of unbranched alkanes of at least 4 members (excludes halogenated alkanes) is 1. The van der Waals surface area contributed by atoms with Crippen molar-refractivity contribution < 1.29 is 9.21 Å². The van der Waals surface area contributed by atoms with Crippen molar-refractivity contribution in [3.8, 4) is 0 Å². The van der Waals surface area contributed by atoms with Crippen LogP contribution >= 0.6 is 12.2 Å². The van der Waals surface area contributed by atoms with Gasteiger partial charge in [0.15, 0.2) is 10.9 Å². The van der Waals surface area contributed by atoms with Crippen LogP contribution in [0.5, 0.6) is 0 Å². The third-order valence-electron chi connectivity index (χ3n) is 5.89. The first-order valence-electron chi connectivity index (χ1n) is 11.8. The van der Waals surface area contributed by atoms with Crippen molar-refractivity contribution in [1.29, 1.82) is 0 Å². The molecule has 2 aromatic carbocycles. The standard InChI is InChI=1S/C27H30N4O2S/c1-3-4-9-19-14-16-21(17-15-19)28-26(32)25-18(2)24-22(12-8-13-23(24)33-25)30-31-27(34)29-20-10-6-5-7-11-20/h5-7,10-11,14-17H,3-4,8-9,12-13H2,1-2H3,(H,28,32)(H2,29,31,34)/b30-22+. The van der Waals surface area contributed by atoms with Crippen molar-refractivity contribution in [1.82, 2.24) is 5.43 Å². The monoisotopic (exact) mass is 474 g/mol. The molecule has 0 fully saturated rings. The average molecular weight is 475 g/mol. The number of para-hydroxylation sites is 1. The Bertz CT molecular complexity index is 1180. The van der Waals surface area contributed by atoms with Crippen LogP contribution in [0.15, 0.2) is 64.1 Å². The smallest absolute Gasteiger partial charge is 0.291 e. The van der Waals surface area contributed by atoms with Gasteiger partial charge in [-0.1, -0.05) is 43.7 Å². The van der Waals surface area contributed by atoms with Gasteiger partial charge in [-0.3, -0.25) is 10.2 Å². The zero-order valence-electron chi connectivity index (χ0n) is 19.6. The molecule has 3 aromatic rings. The highest BCUT2D eigenvalue weighted by Gasteiger charge is 2.28. The number of furan rings is 1. The number of nitrogens with one attached hydrogen (secondary N) is 3. The third-order valence-corrected chi connectivity index (χ3v) is 6.08. The number of carbonyl (C=O) groups is 1. The molecule has 176 valence electrons. The van der Waals surface area contributed by atoms with Crippen molar-refractivity contribution in [2.75, 3.05) is 10.6 Å². The van der Waals surface area contributed by atoms with Gasteiger partial charge >= 0.3 is 0 Å². The fraction of sp³-hybridized carbons (Fsp3) is 0.296. The molecule has 1 amide bonds. The fourth-order valence-electron chi connectivity index (χ4n) is 4.12. The Morgan fingerprint density at radius 3 is 2.50 bits per heavy atom. The molecule has 0 aliphatic heterocycles. The number of nitrogens with zero attached hydrogens (tertiary/aromatic N) is 1. The zero-order valence-corrected chi connectivity index (χ0v) is 20.4. The van der Waals surface area contributed by atoms with Crippen LogP contribution < -0.4 is 16.1 Å². The molecule has 0 unspecified atom stereocenters. The number of anilines is 2. The van der Waals surface area contributed by atoms with E-state index in [0.717, 1.165) is 72.5 Å². The van der Waals surface area contributed by atoms with E-state index >= 15 is 0 Å². The number of carbonyl (C=O) groups excluding carboxylic acids is 1. The molecule has 0 atom stereocenters. The van der Waals surface area contributed by atoms with Crippen molar-refractivity contribution in [2.24, 2.45) is 5.10 Å². The lowest BCUT2D eigenvalue weighted by Gasteiger charge is -2.14. The Balaban J connectivity index is 1.46. The van der Waals surface area contributed by atoms with Gasteiger partial charge in [-0.15, -0.1) is 0 Å². The van der Waals surface area contributed by atoms with Crippen molar-refractivity contribution >= 4 is 40.3 Å². The maximum atomic E-state index is 13.0. The summed E-state index contributed by atoms with van der Waals surface area (Å²) < 4.78 is 6.01. The first-order valence-corrected chi connectivity index (χ1v) is 12.2. The van der Waals surface area contributed by atoms with Crippen LogP contribution in [0.3, 0.4) is 0 Å². The molecule has 1 aliphatic carbocycles. The van der Waals surface area contributed by atoms with E-state index < -0.39 is 0 Å². The highest BCUT2D eigenvalue weighted by atomic mass is 32.1. The quantitative estimate of drug-likeness (QED) is 0.280. The van der Waals surface area contributed by atoms with E-state index in [1.807, 2.05) is 49.4 Å². The van der Waals surface area contributed by atoms with E-state index in [-0.39, 0.29) is 5.91 Å². The van der Waals surface area contributed by atoms with Gasteiger partial charge in [-0.05, 0) is 74.7 Å². The fourth-order valence-corrected chi connectivity index (χ4v) is 4.28. The molecule has 0 bridgehead atoms. The maximum absolute atomic E-state index is 13.0. The van der Waals surface area contributed by atoms with E-state index in [1.54, 1.807) is 0 Å². The molecule has 7 heteroatoms. The first kappa shape index (κ1) is 23.7. The van der Waals surface area contributed by atoms with Crippen LogP contribution in [-0.4, -0.2) is 16.7 Å². The van der Waals surface area contributed by atoms with Crippen molar-refractivity contribution in [2.45, 2.75) is 52.4 Å². The predicted molar refractivity (Wildman–Crippen MR) is 142 cm³/mol. The van der Waals surface area contributed by atoms with Crippen LogP contribution in [0, 0.1) is 6.92 Å². The van der Waals surface area contributed by atoms with Gasteiger partial charge in [0.05, 0.1) is 5.71 Å². The van der Waals surface area contributed by atoms with Gasteiger partial charge in [0.2, 0.25) is 0 Å². The number of rotatable bonds is 7. The molecule has 0 saturated heterocycles. The highest BCUT2D eigenvalue weighted by Crippen LogP contribution is 2.30. The van der Waals surface area contributed by atoms with Crippen LogP contribution in [0.1, 0.15) is 65.6 Å². The minimum Gasteiger partial charge on any atom is -0.455 e. The van der Waals surface area contributed by atoms with E-state index in [9.17, 15) is 4.79 Å². The molecule has 1 aliphatic rings. The van der Waals surface area contributed by atoms with Gasteiger partial charge in [-0.2, -0.15) is 5.10 Å². The molecular weight excluding hydrogens is 444 g/mol. The summed E-state index contributed by atoms with van der Waals surface area (Å²) in [5.41, 5.74) is 8.41. The lowest BCUT2D eigenvalue weighted by Crippen LogP contribution is -2.26. The van der Waals surface area contributed by atoms with E-state index in [4.69, 9.17) is 16.6 Å². The van der Waals surface area contributed by atoms with Crippen LogP contribution in [0.4, 0.5) is 11.4 Å². The lowest BCUT2D eigenvalue weighted by molar-refractivity contribution is 0.0994. The Morgan fingerprint density at radius 1 is 1.03 bits per heavy atom. The minimum absolute atomic E-state index is 0.248. The largest absolute Gasteiger partial charge is 0.455 e. The average Bonchev–Trinajstić information content (AvgIpc) is 3.20. The number of aryl methyl sites for hydroxylation is 2. The molecule has 34 heavy (non-hydrogen) atoms. The first-order chi connectivity index (χ1) is 16.5. The number of hydrogen-bond donors (Lipinski definition) is 3. The molecule has 3 N–H and O–H groups in total. The summed E-state index contributed by atoms with van der Waals surface area (Å²) >= 11 is 5.37. The molecule has 4 rings (SSSR count). The molecule has 0 spiro atoms. The van der Waals surface area contributed by atoms with Crippen LogP contribution in [0.2, 0.25) is 0 Å². The minimum atomic E-state index is -0.248. The molecule has 0 radical (unpaired) electrons. The summed E-state index contributed by atoms with van der Waals surface area (Å²) in [6.45, 7) is 4.09. The van der Waals surface area contributed by atoms with Gasteiger partial charge < -0.3 is 15.1 Å². The van der Waals surface area contributed by atoms with E-state index in [1.165, 1.54) is 5.56 Å².